The van der Waals surface area contributed by atoms with Crippen LogP contribution < -0.4 is 5.73 Å². The summed E-state index contributed by atoms with van der Waals surface area (Å²) in [6.07, 6.45) is -3.42. The van der Waals surface area contributed by atoms with Crippen molar-refractivity contribution in [3.63, 3.8) is 0 Å². The van der Waals surface area contributed by atoms with Crippen LogP contribution in [0.4, 0.5) is 23.4 Å². The van der Waals surface area contributed by atoms with E-state index in [1.807, 2.05) is 11.9 Å². The molecule has 3 aromatic rings. The summed E-state index contributed by atoms with van der Waals surface area (Å²) < 4.78 is 56.1. The average Bonchev–Trinajstić information content (AvgIpc) is 2.86. The topological polar surface area (TPSA) is 62.5 Å². The molecular weight excluding hydrogens is 484 g/mol. The molecular formula is C28H26F4N4O. The molecule has 0 unspecified atom stereocenters. The van der Waals surface area contributed by atoms with Crippen molar-refractivity contribution in [2.24, 2.45) is 0 Å². The van der Waals surface area contributed by atoms with Crippen LogP contribution in [0.3, 0.4) is 0 Å². The maximum atomic E-state index is 14.5. The first-order chi connectivity index (χ1) is 17.6. The Morgan fingerprint density at radius 3 is 2.51 bits per heavy atom. The van der Waals surface area contributed by atoms with Crippen LogP contribution in [0.1, 0.15) is 38.2 Å². The molecule has 1 saturated heterocycles. The lowest BCUT2D eigenvalue weighted by Gasteiger charge is -2.33. The molecule has 0 spiro atoms. The molecule has 192 valence electrons. The summed E-state index contributed by atoms with van der Waals surface area (Å²) in [5.74, 6) is 4.49. The van der Waals surface area contributed by atoms with Crippen LogP contribution in [0.25, 0.3) is 0 Å². The van der Waals surface area contributed by atoms with E-state index >= 15 is 0 Å². The van der Waals surface area contributed by atoms with Crippen molar-refractivity contribution in [1.82, 2.24) is 14.8 Å². The average molecular weight is 511 g/mol. The molecule has 0 atom stereocenters. The molecule has 1 aliphatic heterocycles. The van der Waals surface area contributed by atoms with Gasteiger partial charge in [0.15, 0.2) is 5.78 Å². The fraction of sp³-hybridized carbons (Fsp3) is 0.286. The van der Waals surface area contributed by atoms with Crippen LogP contribution in [0.5, 0.6) is 0 Å². The summed E-state index contributed by atoms with van der Waals surface area (Å²) in [6, 6.07) is 11.1. The highest BCUT2D eigenvalue weighted by atomic mass is 19.4. The van der Waals surface area contributed by atoms with Gasteiger partial charge >= 0.3 is 6.18 Å². The standard InChI is InChI=1S/C28H26F4N4O/c1-35-11-13-36(14-12-35)18-22-8-5-20(16-24(22)28(30,31)32)17-26(37)23-15-19(6-9-25(23)29)4-7-21-3-2-10-34-27(21)33/h2-3,5-6,8-10,15-16H,11-14,17-18H2,1H3,(H2,33,34). The van der Waals surface area contributed by atoms with Gasteiger partial charge in [-0.3, -0.25) is 9.69 Å². The molecule has 0 saturated carbocycles. The highest BCUT2D eigenvalue weighted by Crippen LogP contribution is 2.34. The SMILES string of the molecule is CN1CCN(Cc2ccc(CC(=O)c3cc(C#Cc4cccnc4N)ccc3F)cc2C(F)(F)F)CC1. The maximum Gasteiger partial charge on any atom is 0.416 e. The highest BCUT2D eigenvalue weighted by molar-refractivity contribution is 5.98. The van der Waals surface area contributed by atoms with Gasteiger partial charge in [-0.25, -0.2) is 9.37 Å². The van der Waals surface area contributed by atoms with Crippen LogP contribution in [0, 0.1) is 17.7 Å². The predicted molar refractivity (Wildman–Crippen MR) is 133 cm³/mol. The van der Waals surface area contributed by atoms with Crippen molar-refractivity contribution >= 4 is 11.6 Å². The summed E-state index contributed by atoms with van der Waals surface area (Å²) >= 11 is 0. The van der Waals surface area contributed by atoms with Crippen molar-refractivity contribution in [2.45, 2.75) is 19.1 Å². The number of piperazine rings is 1. The number of anilines is 1. The molecule has 1 fully saturated rings. The first-order valence-corrected chi connectivity index (χ1v) is 11.8. The van der Waals surface area contributed by atoms with E-state index in [1.165, 1.54) is 30.5 Å². The minimum atomic E-state index is -4.57. The fourth-order valence-corrected chi connectivity index (χ4v) is 4.14. The molecule has 1 aliphatic rings. The van der Waals surface area contributed by atoms with Gasteiger partial charge in [0.2, 0.25) is 0 Å². The smallest absolute Gasteiger partial charge is 0.383 e. The number of nitrogens with zero attached hydrogens (tertiary/aromatic N) is 3. The van der Waals surface area contributed by atoms with Crippen molar-refractivity contribution in [3.8, 4) is 11.8 Å². The van der Waals surface area contributed by atoms with Crippen LogP contribution >= 0.6 is 0 Å². The van der Waals surface area contributed by atoms with Crippen LogP contribution in [0.2, 0.25) is 0 Å². The third-order valence-electron chi connectivity index (χ3n) is 6.28. The zero-order valence-electron chi connectivity index (χ0n) is 20.3. The number of Topliss-reactive ketones (excluding diaryl/α,β-unsaturated/α-hetero) is 1. The Morgan fingerprint density at radius 1 is 1.05 bits per heavy atom. The minimum absolute atomic E-state index is 0.159. The molecule has 1 aromatic heterocycles. The quantitative estimate of drug-likeness (QED) is 0.313. The zero-order valence-corrected chi connectivity index (χ0v) is 20.3. The molecule has 0 bridgehead atoms. The number of hydrogen-bond donors (Lipinski definition) is 1. The number of alkyl halides is 3. The largest absolute Gasteiger partial charge is 0.416 e. The molecule has 2 heterocycles. The Kier molecular flexibility index (Phi) is 7.91. The Balaban J connectivity index is 1.54. The predicted octanol–water partition coefficient (Wildman–Crippen LogP) is 4.39. The van der Waals surface area contributed by atoms with Crippen LogP contribution in [0.15, 0.2) is 54.7 Å². The second-order valence-corrected chi connectivity index (χ2v) is 9.05. The van der Waals surface area contributed by atoms with E-state index in [4.69, 9.17) is 5.73 Å². The number of rotatable bonds is 5. The van der Waals surface area contributed by atoms with Crippen molar-refractivity contribution in [2.75, 3.05) is 39.0 Å². The normalized spacial score (nSPS) is 14.7. The van der Waals surface area contributed by atoms with Gasteiger partial charge in [-0.05, 0) is 54.6 Å². The van der Waals surface area contributed by atoms with Gasteiger partial charge in [0.25, 0.3) is 0 Å². The summed E-state index contributed by atoms with van der Waals surface area (Å²) in [7, 11) is 1.98. The van der Waals surface area contributed by atoms with E-state index in [0.29, 0.717) is 24.2 Å². The third kappa shape index (κ3) is 6.73. The van der Waals surface area contributed by atoms with E-state index in [-0.39, 0.29) is 35.5 Å². The molecule has 0 radical (unpaired) electrons. The van der Waals surface area contributed by atoms with Crippen molar-refractivity contribution in [3.05, 3.63) is 93.9 Å². The number of ketones is 1. The monoisotopic (exact) mass is 510 g/mol. The Hall–Kier alpha value is -3.74. The summed E-state index contributed by atoms with van der Waals surface area (Å²) in [6.45, 7) is 3.12. The Morgan fingerprint density at radius 2 is 1.81 bits per heavy atom. The van der Waals surface area contributed by atoms with E-state index in [1.54, 1.807) is 12.1 Å². The van der Waals surface area contributed by atoms with Gasteiger partial charge in [0.1, 0.15) is 11.6 Å². The number of benzene rings is 2. The van der Waals surface area contributed by atoms with E-state index in [0.717, 1.165) is 25.2 Å². The van der Waals surface area contributed by atoms with E-state index in [2.05, 4.69) is 21.7 Å². The summed E-state index contributed by atoms with van der Waals surface area (Å²) in [4.78, 5) is 20.9. The Labute approximate surface area is 212 Å². The second kappa shape index (κ2) is 11.1. The first kappa shape index (κ1) is 26.3. The second-order valence-electron chi connectivity index (χ2n) is 9.05. The number of carbonyl (C=O) groups is 1. The maximum absolute atomic E-state index is 14.5. The number of pyridine rings is 1. The molecule has 2 aromatic carbocycles. The number of carbonyl (C=O) groups excluding carboxylic acids is 1. The third-order valence-corrected chi connectivity index (χ3v) is 6.28. The van der Waals surface area contributed by atoms with Gasteiger partial charge in [0, 0.05) is 50.9 Å². The lowest BCUT2D eigenvalue weighted by Crippen LogP contribution is -2.44. The molecule has 5 nitrogen and oxygen atoms in total. The van der Waals surface area contributed by atoms with Gasteiger partial charge in [-0.1, -0.05) is 24.0 Å². The van der Waals surface area contributed by atoms with Gasteiger partial charge < -0.3 is 10.6 Å². The van der Waals surface area contributed by atoms with Crippen molar-refractivity contribution in [1.29, 1.82) is 0 Å². The van der Waals surface area contributed by atoms with Gasteiger partial charge in [-0.2, -0.15) is 13.2 Å². The number of aromatic nitrogens is 1. The minimum Gasteiger partial charge on any atom is -0.383 e. The number of nitrogens with two attached hydrogens (primary N) is 1. The molecule has 4 rings (SSSR count). The lowest BCUT2D eigenvalue weighted by molar-refractivity contribution is -0.138. The summed E-state index contributed by atoms with van der Waals surface area (Å²) in [5.41, 5.74) is 5.94. The highest BCUT2D eigenvalue weighted by Gasteiger charge is 2.34. The van der Waals surface area contributed by atoms with Crippen LogP contribution in [-0.2, 0) is 19.1 Å². The van der Waals surface area contributed by atoms with Crippen molar-refractivity contribution < 1.29 is 22.4 Å². The molecule has 0 aliphatic carbocycles. The molecule has 0 amide bonds. The summed E-state index contributed by atoms with van der Waals surface area (Å²) in [5, 5.41) is 0. The number of likely N-dealkylation sites (N-methyl/N-ethyl adjacent to an activating group) is 1. The van der Waals surface area contributed by atoms with Gasteiger partial charge in [-0.15, -0.1) is 0 Å². The number of hydrogen-bond acceptors (Lipinski definition) is 5. The number of nitrogen functional groups attached to an aromatic ring is 1. The Bertz CT molecular complexity index is 1350. The number of halogens is 4. The zero-order chi connectivity index (χ0) is 26.6. The first-order valence-electron chi connectivity index (χ1n) is 11.8. The molecule has 9 heteroatoms. The van der Waals surface area contributed by atoms with E-state index in [9.17, 15) is 22.4 Å². The molecule has 37 heavy (non-hydrogen) atoms. The molecule has 2 N–H and O–H groups in total. The van der Waals surface area contributed by atoms with E-state index < -0.39 is 23.3 Å². The van der Waals surface area contributed by atoms with Crippen LogP contribution in [-0.4, -0.2) is 53.8 Å². The van der Waals surface area contributed by atoms with Gasteiger partial charge in [0.05, 0.1) is 16.7 Å². The fourth-order valence-electron chi connectivity index (χ4n) is 4.14. The lowest BCUT2D eigenvalue weighted by atomic mass is 9.96.